The molecule has 24 heavy (non-hydrogen) atoms. The highest BCUT2D eigenvalue weighted by Crippen LogP contribution is 2.19. The van der Waals surface area contributed by atoms with Crippen LogP contribution in [0.25, 0.3) is 0 Å². The van der Waals surface area contributed by atoms with E-state index in [9.17, 15) is 4.39 Å². The monoisotopic (exact) mass is 342 g/mol. The smallest absolute Gasteiger partial charge is 0.240 e. The van der Waals surface area contributed by atoms with Gasteiger partial charge in [0.15, 0.2) is 0 Å². The number of anilines is 1. The predicted molar refractivity (Wildman–Crippen MR) is 92.4 cm³/mol. The molecule has 0 bridgehead atoms. The van der Waals surface area contributed by atoms with Crippen LogP contribution in [0.4, 0.5) is 10.3 Å². The van der Waals surface area contributed by atoms with Gasteiger partial charge in [-0.15, -0.1) is 5.10 Å². The standard InChI is InChI=1S/C16H15FN6S/c1-11(13-2-4-14(17)5-3-13)20-21-15-19-16(23-22-15)24-10-12-6-8-18-9-7-12/h2-9H,10H2,1H3,(H2,19,21,22,23)/b20-11+. The van der Waals surface area contributed by atoms with Crippen molar-refractivity contribution in [1.29, 1.82) is 0 Å². The Balaban J connectivity index is 1.57. The largest absolute Gasteiger partial charge is 0.265 e. The Labute approximate surface area is 142 Å². The van der Waals surface area contributed by atoms with Crippen molar-refractivity contribution in [2.24, 2.45) is 5.10 Å². The molecule has 0 amide bonds. The summed E-state index contributed by atoms with van der Waals surface area (Å²) in [5.74, 6) is 0.942. The summed E-state index contributed by atoms with van der Waals surface area (Å²) in [5, 5.41) is 11.8. The van der Waals surface area contributed by atoms with E-state index in [4.69, 9.17) is 0 Å². The molecule has 0 spiro atoms. The van der Waals surface area contributed by atoms with Crippen molar-refractivity contribution in [2.75, 3.05) is 5.43 Å². The molecule has 1 aromatic carbocycles. The molecule has 0 saturated carbocycles. The second-order valence-corrected chi connectivity index (χ2v) is 5.87. The lowest BCUT2D eigenvalue weighted by atomic mass is 10.1. The maximum Gasteiger partial charge on any atom is 0.240 e. The Morgan fingerprint density at radius 2 is 1.96 bits per heavy atom. The lowest BCUT2D eigenvalue weighted by Gasteiger charge is -2.00. The number of rotatable bonds is 6. The van der Waals surface area contributed by atoms with Gasteiger partial charge in [0, 0.05) is 18.1 Å². The van der Waals surface area contributed by atoms with Gasteiger partial charge in [-0.2, -0.15) is 10.1 Å². The van der Waals surface area contributed by atoms with E-state index < -0.39 is 0 Å². The van der Waals surface area contributed by atoms with Crippen LogP contribution < -0.4 is 5.43 Å². The molecule has 6 nitrogen and oxygen atoms in total. The number of hydrogen-bond donors (Lipinski definition) is 2. The molecule has 0 unspecified atom stereocenters. The van der Waals surface area contributed by atoms with Crippen molar-refractivity contribution in [1.82, 2.24) is 20.2 Å². The van der Waals surface area contributed by atoms with Crippen molar-refractivity contribution < 1.29 is 4.39 Å². The number of pyridine rings is 1. The Morgan fingerprint density at radius 3 is 2.71 bits per heavy atom. The number of hydrogen-bond acceptors (Lipinski definition) is 6. The van der Waals surface area contributed by atoms with Crippen LogP contribution in [0.5, 0.6) is 0 Å². The first-order valence-corrected chi connectivity index (χ1v) is 8.19. The first kappa shape index (κ1) is 16.1. The molecule has 0 radical (unpaired) electrons. The minimum atomic E-state index is -0.273. The fourth-order valence-electron chi connectivity index (χ4n) is 1.88. The molecule has 0 fully saturated rings. The summed E-state index contributed by atoms with van der Waals surface area (Å²) in [6.45, 7) is 1.83. The fourth-order valence-corrected chi connectivity index (χ4v) is 2.63. The van der Waals surface area contributed by atoms with Crippen molar-refractivity contribution in [3.63, 3.8) is 0 Å². The van der Waals surface area contributed by atoms with E-state index in [0.717, 1.165) is 22.6 Å². The van der Waals surface area contributed by atoms with Gasteiger partial charge in [0.1, 0.15) is 5.82 Å². The van der Waals surface area contributed by atoms with Gasteiger partial charge in [-0.1, -0.05) is 23.9 Å². The zero-order valence-corrected chi connectivity index (χ0v) is 13.7. The van der Waals surface area contributed by atoms with Crippen LogP contribution in [0, 0.1) is 5.82 Å². The fraction of sp³-hybridized carbons (Fsp3) is 0.125. The molecule has 0 saturated heterocycles. The van der Waals surface area contributed by atoms with Gasteiger partial charge in [-0.3, -0.25) is 4.98 Å². The van der Waals surface area contributed by atoms with Crippen molar-refractivity contribution >= 4 is 23.4 Å². The molecule has 0 aliphatic rings. The van der Waals surface area contributed by atoms with Crippen LogP contribution in [0.15, 0.2) is 59.0 Å². The van der Waals surface area contributed by atoms with Gasteiger partial charge in [0.2, 0.25) is 11.1 Å². The van der Waals surface area contributed by atoms with Crippen LogP contribution in [-0.2, 0) is 5.75 Å². The molecular weight excluding hydrogens is 327 g/mol. The number of hydrazone groups is 1. The van der Waals surface area contributed by atoms with Gasteiger partial charge in [0.25, 0.3) is 0 Å². The van der Waals surface area contributed by atoms with Crippen LogP contribution >= 0.6 is 11.8 Å². The summed E-state index contributed by atoms with van der Waals surface area (Å²) in [7, 11) is 0. The average molecular weight is 342 g/mol. The predicted octanol–water partition coefficient (Wildman–Crippen LogP) is 3.47. The highest BCUT2D eigenvalue weighted by atomic mass is 32.2. The first-order chi connectivity index (χ1) is 11.7. The molecule has 0 aliphatic carbocycles. The summed E-state index contributed by atoms with van der Waals surface area (Å²) in [6.07, 6.45) is 3.52. The quantitative estimate of drug-likeness (QED) is 0.407. The van der Waals surface area contributed by atoms with Gasteiger partial charge in [-0.05, 0) is 42.3 Å². The Hall–Kier alpha value is -2.74. The zero-order chi connectivity index (χ0) is 16.8. The zero-order valence-electron chi connectivity index (χ0n) is 12.9. The summed E-state index contributed by atoms with van der Waals surface area (Å²) >= 11 is 1.52. The van der Waals surface area contributed by atoms with Crippen LogP contribution in [0.1, 0.15) is 18.1 Å². The topological polar surface area (TPSA) is 78.8 Å². The maximum absolute atomic E-state index is 12.9. The number of H-pyrrole nitrogens is 1. The van der Waals surface area contributed by atoms with E-state index in [0.29, 0.717) is 11.1 Å². The second-order valence-electron chi connectivity index (χ2n) is 4.93. The number of aromatic nitrogens is 4. The maximum atomic E-state index is 12.9. The molecule has 122 valence electrons. The van der Waals surface area contributed by atoms with Gasteiger partial charge in [-0.25, -0.2) is 14.9 Å². The molecule has 0 aliphatic heterocycles. The van der Waals surface area contributed by atoms with E-state index in [1.807, 2.05) is 19.1 Å². The molecule has 8 heteroatoms. The van der Waals surface area contributed by atoms with Gasteiger partial charge >= 0.3 is 0 Å². The summed E-state index contributed by atoms with van der Waals surface area (Å²) < 4.78 is 12.9. The van der Waals surface area contributed by atoms with Crippen molar-refractivity contribution in [2.45, 2.75) is 17.8 Å². The number of aromatic amines is 1. The highest BCUT2D eigenvalue weighted by Gasteiger charge is 2.04. The third kappa shape index (κ3) is 4.39. The number of nitrogens with zero attached hydrogens (tertiary/aromatic N) is 4. The number of thioether (sulfide) groups is 1. The Kier molecular flexibility index (Phi) is 5.17. The first-order valence-electron chi connectivity index (χ1n) is 7.21. The molecule has 3 aromatic rings. The van der Waals surface area contributed by atoms with E-state index in [1.54, 1.807) is 24.5 Å². The molecular formula is C16H15FN6S. The summed E-state index contributed by atoms with van der Waals surface area (Å²) in [4.78, 5) is 8.29. The number of benzene rings is 1. The molecule has 2 heterocycles. The lowest BCUT2D eigenvalue weighted by molar-refractivity contribution is 0.628. The molecule has 2 aromatic heterocycles. The molecule has 2 N–H and O–H groups in total. The van der Waals surface area contributed by atoms with E-state index in [-0.39, 0.29) is 5.82 Å². The van der Waals surface area contributed by atoms with E-state index in [2.05, 4.69) is 30.7 Å². The summed E-state index contributed by atoms with van der Waals surface area (Å²) in [5.41, 5.74) is 5.52. The van der Waals surface area contributed by atoms with Gasteiger partial charge in [0.05, 0.1) is 5.71 Å². The van der Waals surface area contributed by atoms with Crippen LogP contribution in [-0.4, -0.2) is 25.9 Å². The SMILES string of the molecule is C/C(=N\Nc1nc(SCc2ccncc2)n[nH]1)c1ccc(F)cc1. The highest BCUT2D eigenvalue weighted by molar-refractivity contribution is 7.98. The third-order valence-corrected chi connectivity index (χ3v) is 4.09. The van der Waals surface area contributed by atoms with Gasteiger partial charge < -0.3 is 0 Å². The van der Waals surface area contributed by atoms with E-state index in [1.165, 1.54) is 23.9 Å². The Morgan fingerprint density at radius 1 is 1.21 bits per heavy atom. The average Bonchev–Trinajstić information content (AvgIpc) is 3.07. The number of halogens is 1. The Bertz CT molecular complexity index is 816. The van der Waals surface area contributed by atoms with E-state index >= 15 is 0 Å². The minimum Gasteiger partial charge on any atom is -0.265 e. The normalized spacial score (nSPS) is 11.5. The van der Waals surface area contributed by atoms with Crippen LogP contribution in [0.2, 0.25) is 0 Å². The molecule has 3 rings (SSSR count). The minimum absolute atomic E-state index is 0.273. The third-order valence-electron chi connectivity index (χ3n) is 3.17. The summed E-state index contributed by atoms with van der Waals surface area (Å²) in [6, 6.07) is 10.1. The van der Waals surface area contributed by atoms with Crippen molar-refractivity contribution in [3.8, 4) is 0 Å². The molecule has 0 atom stereocenters. The lowest BCUT2D eigenvalue weighted by Crippen LogP contribution is -2.00. The number of nitrogens with one attached hydrogen (secondary N) is 2. The van der Waals surface area contributed by atoms with Crippen molar-refractivity contribution in [3.05, 3.63) is 65.7 Å². The van der Waals surface area contributed by atoms with Crippen LogP contribution in [0.3, 0.4) is 0 Å². The second kappa shape index (κ2) is 7.69.